The van der Waals surface area contributed by atoms with Gasteiger partial charge in [-0.2, -0.15) is 0 Å². The Balaban J connectivity index is 0. The number of hydrogen-bond donors (Lipinski definition) is 0. The Bertz CT molecular complexity index is 29.0. The summed E-state index contributed by atoms with van der Waals surface area (Å²) >= 11 is 3.59. The second-order valence-electron chi connectivity index (χ2n) is 0.0833. The first kappa shape index (κ1) is 9.25. The molecule has 0 saturated heterocycles. The predicted molar refractivity (Wildman–Crippen MR) is 15.4 cm³/mol. The average Bonchev–Trinajstić information content (AvgIpc) is 0.918. The first-order valence-electron chi connectivity index (χ1n) is 0.408. The molecular weight excluding hydrogens is 74.1 g/mol. The van der Waals surface area contributed by atoms with Crippen molar-refractivity contribution in [1.82, 2.24) is 6.15 Å². The number of hydrogen-bond acceptors (Lipinski definition) is 2. The molecule has 0 fully saturated rings. The van der Waals surface area contributed by atoms with E-state index in [4.69, 9.17) is 4.79 Å². The van der Waals surface area contributed by atoms with Crippen molar-refractivity contribution in [2.75, 3.05) is 0 Å². The summed E-state index contributed by atoms with van der Waals surface area (Å²) in [5.41, 5.74) is 0. The van der Waals surface area contributed by atoms with Crippen molar-refractivity contribution < 1.29 is 4.79 Å². The van der Waals surface area contributed by atoms with Crippen LogP contribution in [0.5, 0.6) is 0 Å². The van der Waals surface area contributed by atoms with Gasteiger partial charge in [-0.05, 0) is 0 Å². The molecule has 0 bridgehead atoms. The molecule has 0 aliphatic rings. The molecular formula is CNOS. The van der Waals surface area contributed by atoms with Crippen LogP contribution in [0.4, 0.5) is 0 Å². The number of rotatable bonds is 0. The summed E-state index contributed by atoms with van der Waals surface area (Å²) in [4.78, 5) is 8.50. The van der Waals surface area contributed by atoms with Gasteiger partial charge in [-0.15, -0.1) is 0 Å². The van der Waals surface area contributed by atoms with Gasteiger partial charge in [0.15, 0.2) is 0 Å². The molecule has 0 amide bonds. The smallest absolute Gasteiger partial charge is 0.202 e. The van der Waals surface area contributed by atoms with Gasteiger partial charge in [0.05, 0.1) is 0 Å². The van der Waals surface area contributed by atoms with Crippen molar-refractivity contribution >= 4 is 17.5 Å². The lowest BCUT2D eigenvalue weighted by Crippen LogP contribution is -1.08. The largest absolute Gasteiger partial charge is 0.220 e. The Kier molecular flexibility index (Phi) is 34.2. The van der Waals surface area contributed by atoms with Crippen molar-refractivity contribution in [3.63, 3.8) is 0 Å². The van der Waals surface area contributed by atoms with E-state index in [1.165, 1.54) is 0 Å². The number of nitrogens with zero attached hydrogens (tertiary/aromatic N) is 1. The van der Waals surface area contributed by atoms with Gasteiger partial charge in [0.2, 0.25) is 5.23 Å². The second kappa shape index (κ2) is 14.8. The van der Waals surface area contributed by atoms with Crippen LogP contribution < -0.4 is 6.15 Å². The molecule has 21 valence electrons. The highest BCUT2D eigenvalue weighted by Gasteiger charge is 1.07. The topological polar surface area (TPSA) is 47.6 Å². The second-order valence-corrected chi connectivity index (χ2v) is 0.250. The van der Waals surface area contributed by atoms with E-state index in [1.54, 1.807) is 0 Å². The van der Waals surface area contributed by atoms with Gasteiger partial charge >= 0.3 is 0 Å². The molecule has 0 saturated carbocycles. The van der Waals surface area contributed by atoms with Gasteiger partial charge < -0.3 is 0 Å². The molecule has 0 N–H and O–H groups in total. The van der Waals surface area contributed by atoms with Crippen molar-refractivity contribution in [3.05, 3.63) is 0 Å². The van der Waals surface area contributed by atoms with Crippen molar-refractivity contribution in [2.24, 2.45) is 0 Å². The normalized spacial score (nSPS) is 2.00. The first-order valence-corrected chi connectivity index (χ1v) is 0.816. The monoisotopic (exact) mass is 74.0 g/mol. The van der Waals surface area contributed by atoms with E-state index < -0.39 is 0 Å². The summed E-state index contributed by atoms with van der Waals surface area (Å²) < 4.78 is 0. The Hall–Kier alpha value is -0.240. The SMILES string of the molecule is O=C=S.[N]. The highest BCUT2D eigenvalue weighted by molar-refractivity contribution is 7.78. The summed E-state index contributed by atoms with van der Waals surface area (Å²) in [5.74, 6) is 0. The fraction of sp³-hybridized carbons (Fsp3) is 0. The molecule has 0 heterocycles. The summed E-state index contributed by atoms with van der Waals surface area (Å²) in [6.45, 7) is 0. The van der Waals surface area contributed by atoms with Crippen LogP contribution in [-0.4, -0.2) is 5.23 Å². The van der Waals surface area contributed by atoms with E-state index in [9.17, 15) is 0 Å². The van der Waals surface area contributed by atoms with Gasteiger partial charge in [-0.1, -0.05) is 0 Å². The van der Waals surface area contributed by atoms with E-state index in [1.807, 2.05) is 0 Å². The van der Waals surface area contributed by atoms with Gasteiger partial charge in [-0.3, -0.25) is 0 Å². The number of thiocarbonyl (C=S) groups is 1. The predicted octanol–water partition coefficient (Wildman–Crippen LogP) is -0.230. The molecule has 0 aromatic carbocycles. The maximum atomic E-state index is 8.50. The third-order valence-corrected chi connectivity index (χ3v) is 0. The van der Waals surface area contributed by atoms with Crippen LogP contribution in [-0.2, 0) is 4.79 Å². The van der Waals surface area contributed by atoms with Gasteiger partial charge in [0, 0.05) is 18.4 Å². The Morgan fingerprint density at radius 2 is 1.75 bits per heavy atom. The van der Waals surface area contributed by atoms with Crippen LogP contribution in [0.25, 0.3) is 0 Å². The van der Waals surface area contributed by atoms with E-state index in [0.29, 0.717) is 0 Å². The molecule has 0 atom stereocenters. The molecule has 0 rings (SSSR count). The van der Waals surface area contributed by atoms with Crippen molar-refractivity contribution in [3.8, 4) is 0 Å². The summed E-state index contributed by atoms with van der Waals surface area (Å²) in [6.07, 6.45) is 0. The van der Waals surface area contributed by atoms with Crippen LogP contribution >= 0.6 is 12.2 Å². The summed E-state index contributed by atoms with van der Waals surface area (Å²) in [7, 11) is 0. The third kappa shape index (κ3) is 17.6. The molecule has 0 aliphatic carbocycles. The fourth-order valence-electron chi connectivity index (χ4n) is 0. The first-order chi connectivity index (χ1) is 1.41. The molecule has 0 aromatic heterocycles. The van der Waals surface area contributed by atoms with Crippen molar-refractivity contribution in [2.45, 2.75) is 0 Å². The Morgan fingerprint density at radius 3 is 1.75 bits per heavy atom. The maximum Gasteiger partial charge on any atom is 0.202 e. The maximum absolute atomic E-state index is 8.50. The Morgan fingerprint density at radius 1 is 1.75 bits per heavy atom. The molecule has 2 nitrogen and oxygen atoms in total. The van der Waals surface area contributed by atoms with Crippen LogP contribution in [0.2, 0.25) is 0 Å². The highest BCUT2D eigenvalue weighted by Crippen LogP contribution is 1.14. The lowest BCUT2D eigenvalue weighted by molar-refractivity contribution is 0.572. The summed E-state index contributed by atoms with van der Waals surface area (Å²) in [6, 6.07) is 0. The third-order valence-electron chi connectivity index (χ3n) is 0. The van der Waals surface area contributed by atoms with Crippen LogP contribution in [0.3, 0.4) is 0 Å². The van der Waals surface area contributed by atoms with E-state index >= 15 is 0 Å². The molecule has 3 heteroatoms. The van der Waals surface area contributed by atoms with Gasteiger partial charge in [0.1, 0.15) is 0 Å². The van der Waals surface area contributed by atoms with Crippen LogP contribution in [0.1, 0.15) is 0 Å². The van der Waals surface area contributed by atoms with E-state index in [2.05, 4.69) is 12.2 Å². The minimum atomic E-state index is 0. The minimum absolute atomic E-state index is 0. The van der Waals surface area contributed by atoms with Gasteiger partial charge in [-0.25, -0.2) is 4.79 Å². The highest BCUT2D eigenvalue weighted by atomic mass is 32.1. The number of carbonyl (C=O) groups excluding carboxylic acids is 1. The molecule has 3 radical (unpaired) electrons. The molecule has 0 aliphatic heterocycles. The van der Waals surface area contributed by atoms with Gasteiger partial charge in [0.25, 0.3) is 0 Å². The minimum Gasteiger partial charge on any atom is -0.220 e. The van der Waals surface area contributed by atoms with E-state index in [-0.39, 0.29) is 6.15 Å². The van der Waals surface area contributed by atoms with Crippen LogP contribution in [0.15, 0.2) is 0 Å². The molecule has 0 unspecified atom stereocenters. The molecule has 0 aromatic rings. The lowest BCUT2D eigenvalue weighted by atomic mass is 11.9. The quantitative estimate of drug-likeness (QED) is 0.372. The lowest BCUT2D eigenvalue weighted by Gasteiger charge is -0.970. The van der Waals surface area contributed by atoms with Crippen molar-refractivity contribution in [1.29, 1.82) is 0 Å². The zero-order chi connectivity index (χ0) is 2.71. The molecule has 4 heavy (non-hydrogen) atoms. The Labute approximate surface area is 29.4 Å². The zero-order valence-electron chi connectivity index (χ0n) is 1.76. The van der Waals surface area contributed by atoms with Crippen LogP contribution in [0, 0.1) is 0 Å². The zero-order valence-corrected chi connectivity index (χ0v) is 2.58. The molecule has 0 spiro atoms. The fourth-order valence-corrected chi connectivity index (χ4v) is 0. The summed E-state index contributed by atoms with van der Waals surface area (Å²) in [5, 5.41) is 1.08. The standard InChI is InChI=1S/COS.N/c2-1-3;. The average molecular weight is 74.1 g/mol. The van der Waals surface area contributed by atoms with E-state index in [0.717, 1.165) is 5.23 Å².